The van der Waals surface area contributed by atoms with Crippen molar-refractivity contribution in [3.05, 3.63) is 67.6 Å². The summed E-state index contributed by atoms with van der Waals surface area (Å²) in [5.41, 5.74) is 7.21. The standard InChI is InChI=1S/C8H9Cl2N.C8H6Cl2O/c2*1-5(11)6-2-3-7(9)8(10)4-6/h2-5H,11H2,1H3;2-4H,1H3/t5-;/m1./s1. The molecule has 0 aliphatic rings. The van der Waals surface area contributed by atoms with Crippen LogP contribution in [0, 0.1) is 0 Å². The fourth-order valence-corrected chi connectivity index (χ4v) is 2.12. The van der Waals surface area contributed by atoms with Gasteiger partial charge in [0.2, 0.25) is 0 Å². The molecule has 0 heterocycles. The zero-order chi connectivity index (χ0) is 16.9. The molecule has 118 valence electrons. The van der Waals surface area contributed by atoms with Crippen LogP contribution in [0.1, 0.15) is 35.8 Å². The highest BCUT2D eigenvalue weighted by atomic mass is 35.5. The van der Waals surface area contributed by atoms with Crippen LogP contribution in [0.3, 0.4) is 0 Å². The van der Waals surface area contributed by atoms with E-state index in [0.717, 1.165) is 5.56 Å². The molecule has 0 aliphatic heterocycles. The van der Waals surface area contributed by atoms with Gasteiger partial charge in [0, 0.05) is 11.6 Å². The first-order valence-corrected chi connectivity index (χ1v) is 7.90. The van der Waals surface area contributed by atoms with E-state index in [1.165, 1.54) is 6.92 Å². The molecule has 0 spiro atoms. The van der Waals surface area contributed by atoms with E-state index < -0.39 is 0 Å². The second kappa shape index (κ2) is 8.76. The van der Waals surface area contributed by atoms with Gasteiger partial charge in [0.15, 0.2) is 5.78 Å². The zero-order valence-electron chi connectivity index (χ0n) is 12.0. The largest absolute Gasteiger partial charge is 0.324 e. The van der Waals surface area contributed by atoms with Crippen molar-refractivity contribution < 1.29 is 4.79 Å². The summed E-state index contributed by atoms with van der Waals surface area (Å²) in [6, 6.07) is 10.2. The minimum atomic E-state index is -0.0106. The van der Waals surface area contributed by atoms with Crippen molar-refractivity contribution in [3.8, 4) is 0 Å². The molecule has 22 heavy (non-hydrogen) atoms. The van der Waals surface area contributed by atoms with Crippen LogP contribution in [0.5, 0.6) is 0 Å². The van der Waals surface area contributed by atoms with E-state index in [-0.39, 0.29) is 11.8 Å². The first-order valence-electron chi connectivity index (χ1n) is 6.39. The van der Waals surface area contributed by atoms with Gasteiger partial charge in [0.05, 0.1) is 20.1 Å². The Morgan fingerprint density at radius 1 is 0.909 bits per heavy atom. The van der Waals surface area contributed by atoms with E-state index in [9.17, 15) is 4.79 Å². The molecule has 0 fully saturated rings. The lowest BCUT2D eigenvalue weighted by Crippen LogP contribution is -2.04. The summed E-state index contributed by atoms with van der Waals surface area (Å²) in [4.78, 5) is 10.8. The minimum Gasteiger partial charge on any atom is -0.324 e. The highest BCUT2D eigenvalue weighted by molar-refractivity contribution is 6.42. The Bertz CT molecular complexity index is 671. The predicted molar refractivity (Wildman–Crippen MR) is 95.5 cm³/mol. The quantitative estimate of drug-likeness (QED) is 0.631. The number of Topliss-reactive ketones (excluding diaryl/α,β-unsaturated/α-hetero) is 1. The first-order chi connectivity index (χ1) is 10.2. The van der Waals surface area contributed by atoms with Crippen molar-refractivity contribution in [2.45, 2.75) is 19.9 Å². The molecule has 1 atom stereocenters. The molecule has 0 aromatic heterocycles. The van der Waals surface area contributed by atoms with Gasteiger partial charge in [0.25, 0.3) is 0 Å². The normalized spacial score (nSPS) is 11.4. The maximum absolute atomic E-state index is 10.8. The van der Waals surface area contributed by atoms with E-state index >= 15 is 0 Å². The molecule has 0 bridgehead atoms. The second-order valence-corrected chi connectivity index (χ2v) is 6.28. The van der Waals surface area contributed by atoms with Crippen molar-refractivity contribution in [2.75, 3.05) is 0 Å². The Hall–Kier alpha value is -0.770. The van der Waals surface area contributed by atoms with Crippen molar-refractivity contribution in [1.29, 1.82) is 0 Å². The molecule has 0 saturated carbocycles. The molecular weight excluding hydrogens is 364 g/mol. The van der Waals surface area contributed by atoms with Gasteiger partial charge < -0.3 is 5.73 Å². The van der Waals surface area contributed by atoms with E-state index in [2.05, 4.69) is 0 Å². The molecule has 0 saturated heterocycles. The number of carbonyl (C=O) groups is 1. The highest BCUT2D eigenvalue weighted by Crippen LogP contribution is 2.24. The fraction of sp³-hybridized carbons (Fsp3) is 0.188. The summed E-state index contributed by atoms with van der Waals surface area (Å²) in [5, 5.41) is 2.01. The van der Waals surface area contributed by atoms with Crippen LogP contribution in [0.15, 0.2) is 36.4 Å². The molecular formula is C16H15Cl4NO. The molecule has 0 radical (unpaired) electrons. The number of rotatable bonds is 2. The van der Waals surface area contributed by atoms with Crippen molar-refractivity contribution in [3.63, 3.8) is 0 Å². The topological polar surface area (TPSA) is 43.1 Å². The van der Waals surface area contributed by atoms with Gasteiger partial charge in [-0.1, -0.05) is 52.5 Å². The number of halogens is 4. The maximum atomic E-state index is 10.8. The van der Waals surface area contributed by atoms with Gasteiger partial charge in [-0.15, -0.1) is 0 Å². The van der Waals surface area contributed by atoms with Gasteiger partial charge in [-0.3, -0.25) is 4.79 Å². The Morgan fingerprint density at radius 2 is 1.41 bits per heavy atom. The van der Waals surface area contributed by atoms with Crippen LogP contribution in [0.4, 0.5) is 0 Å². The third kappa shape index (κ3) is 5.79. The van der Waals surface area contributed by atoms with Gasteiger partial charge in [-0.25, -0.2) is 0 Å². The minimum absolute atomic E-state index is 0.00441. The average molecular weight is 379 g/mol. The highest BCUT2D eigenvalue weighted by Gasteiger charge is 2.02. The summed E-state index contributed by atoms with van der Waals surface area (Å²) in [7, 11) is 0. The Morgan fingerprint density at radius 3 is 1.82 bits per heavy atom. The average Bonchev–Trinajstić information content (AvgIpc) is 2.45. The number of hydrogen-bond acceptors (Lipinski definition) is 2. The predicted octanol–water partition coefficient (Wildman–Crippen LogP) is 6.21. The maximum Gasteiger partial charge on any atom is 0.159 e. The summed E-state index contributed by atoms with van der Waals surface area (Å²) >= 11 is 22.8. The van der Waals surface area contributed by atoms with Crippen LogP contribution in [0.2, 0.25) is 20.1 Å². The molecule has 0 amide bonds. The Kier molecular flexibility index (Phi) is 7.67. The van der Waals surface area contributed by atoms with Gasteiger partial charge in [-0.05, 0) is 49.7 Å². The summed E-state index contributed by atoms with van der Waals surface area (Å²) in [5.74, 6) is -0.0106. The number of carbonyl (C=O) groups excluding carboxylic acids is 1. The molecule has 2 aromatic carbocycles. The third-order valence-corrected chi connectivity index (χ3v) is 4.27. The Balaban J connectivity index is 0.000000220. The van der Waals surface area contributed by atoms with E-state index in [1.807, 2.05) is 13.0 Å². The lowest BCUT2D eigenvalue weighted by atomic mass is 10.1. The zero-order valence-corrected chi connectivity index (χ0v) is 15.1. The van der Waals surface area contributed by atoms with Crippen LogP contribution in [-0.2, 0) is 0 Å². The molecule has 2 aromatic rings. The first kappa shape index (κ1) is 19.3. The van der Waals surface area contributed by atoms with E-state index in [0.29, 0.717) is 25.7 Å². The SMILES string of the molecule is CC(=O)c1ccc(Cl)c(Cl)c1.C[C@@H](N)c1ccc(Cl)c(Cl)c1. The van der Waals surface area contributed by atoms with Crippen molar-refractivity contribution in [2.24, 2.45) is 5.73 Å². The Labute approximate surface area is 150 Å². The summed E-state index contributed by atoms with van der Waals surface area (Å²) < 4.78 is 0. The van der Waals surface area contributed by atoms with Crippen LogP contribution >= 0.6 is 46.4 Å². The van der Waals surface area contributed by atoms with Crippen LogP contribution in [0.25, 0.3) is 0 Å². The van der Waals surface area contributed by atoms with Crippen molar-refractivity contribution >= 4 is 52.2 Å². The van der Waals surface area contributed by atoms with E-state index in [4.69, 9.17) is 52.1 Å². The van der Waals surface area contributed by atoms with E-state index in [1.54, 1.807) is 30.3 Å². The molecule has 2 rings (SSSR count). The van der Waals surface area contributed by atoms with Gasteiger partial charge in [0.1, 0.15) is 0 Å². The molecule has 0 unspecified atom stereocenters. The smallest absolute Gasteiger partial charge is 0.159 e. The number of hydrogen-bond donors (Lipinski definition) is 1. The lowest BCUT2D eigenvalue weighted by molar-refractivity contribution is 0.101. The fourth-order valence-electron chi connectivity index (χ4n) is 1.51. The van der Waals surface area contributed by atoms with Gasteiger partial charge >= 0.3 is 0 Å². The number of nitrogens with two attached hydrogens (primary N) is 1. The summed E-state index contributed by atoms with van der Waals surface area (Å²) in [6.45, 7) is 3.39. The van der Waals surface area contributed by atoms with Crippen LogP contribution in [-0.4, -0.2) is 5.78 Å². The monoisotopic (exact) mass is 377 g/mol. The molecule has 2 N–H and O–H groups in total. The van der Waals surface area contributed by atoms with Gasteiger partial charge in [-0.2, -0.15) is 0 Å². The lowest BCUT2D eigenvalue weighted by Gasteiger charge is -2.05. The third-order valence-electron chi connectivity index (χ3n) is 2.80. The molecule has 0 aliphatic carbocycles. The van der Waals surface area contributed by atoms with Crippen LogP contribution < -0.4 is 5.73 Å². The molecule has 2 nitrogen and oxygen atoms in total. The summed E-state index contributed by atoms with van der Waals surface area (Å²) in [6.07, 6.45) is 0. The number of ketones is 1. The molecule has 6 heteroatoms. The number of benzene rings is 2. The van der Waals surface area contributed by atoms with Crippen molar-refractivity contribution in [1.82, 2.24) is 0 Å². The second-order valence-electron chi connectivity index (χ2n) is 4.65.